The summed E-state index contributed by atoms with van der Waals surface area (Å²) in [7, 11) is 1.44. The van der Waals surface area contributed by atoms with E-state index in [1.807, 2.05) is 0 Å². The molecule has 0 radical (unpaired) electrons. The summed E-state index contributed by atoms with van der Waals surface area (Å²) in [6, 6.07) is 4.63. The molecule has 0 unspecified atom stereocenters. The van der Waals surface area contributed by atoms with E-state index in [2.05, 4.69) is 12.2 Å². The number of unbranched alkanes of at least 4 members (excludes halogenated alkanes) is 3. The van der Waals surface area contributed by atoms with Gasteiger partial charge in [0.15, 0.2) is 0 Å². The number of carbonyl (C=O) groups is 3. The van der Waals surface area contributed by atoms with Crippen LogP contribution >= 0.6 is 0 Å². The van der Waals surface area contributed by atoms with E-state index in [1.165, 1.54) is 13.1 Å². The van der Waals surface area contributed by atoms with Crippen molar-refractivity contribution in [1.29, 1.82) is 0 Å². The predicted molar refractivity (Wildman–Crippen MR) is 79.3 cm³/mol. The first-order valence-corrected chi connectivity index (χ1v) is 7.31. The smallest absolute Gasteiger partial charge is 0.261 e. The minimum atomic E-state index is -0.354. The van der Waals surface area contributed by atoms with Gasteiger partial charge in [-0.3, -0.25) is 19.3 Å². The Morgan fingerprint density at radius 3 is 2.52 bits per heavy atom. The Hall–Kier alpha value is -2.17. The Morgan fingerprint density at radius 2 is 1.81 bits per heavy atom. The van der Waals surface area contributed by atoms with Gasteiger partial charge < -0.3 is 5.32 Å². The third-order valence-corrected chi connectivity index (χ3v) is 3.67. The molecule has 1 aliphatic heterocycles. The summed E-state index contributed by atoms with van der Waals surface area (Å²) in [4.78, 5) is 36.7. The zero-order valence-corrected chi connectivity index (χ0v) is 12.4. The van der Waals surface area contributed by atoms with E-state index < -0.39 is 0 Å². The van der Waals surface area contributed by atoms with Crippen LogP contribution in [-0.4, -0.2) is 36.2 Å². The van der Waals surface area contributed by atoms with Crippen molar-refractivity contribution in [2.75, 3.05) is 13.6 Å². The van der Waals surface area contributed by atoms with Gasteiger partial charge in [-0.2, -0.15) is 0 Å². The van der Waals surface area contributed by atoms with Crippen LogP contribution in [-0.2, 0) is 0 Å². The van der Waals surface area contributed by atoms with Crippen molar-refractivity contribution < 1.29 is 14.4 Å². The van der Waals surface area contributed by atoms with Gasteiger partial charge in [0.1, 0.15) is 0 Å². The summed E-state index contributed by atoms with van der Waals surface area (Å²) in [5.41, 5.74) is 1.09. The lowest BCUT2D eigenvalue weighted by Crippen LogP contribution is -2.25. The van der Waals surface area contributed by atoms with Gasteiger partial charge in [0.05, 0.1) is 11.1 Å². The summed E-state index contributed by atoms with van der Waals surface area (Å²) < 4.78 is 0. The Morgan fingerprint density at radius 1 is 1.10 bits per heavy atom. The molecule has 21 heavy (non-hydrogen) atoms. The lowest BCUT2D eigenvalue weighted by Gasteiger charge is -2.06. The fraction of sp³-hybridized carbons (Fsp3) is 0.438. The molecule has 1 aliphatic rings. The van der Waals surface area contributed by atoms with Crippen molar-refractivity contribution in [3.05, 3.63) is 34.9 Å². The second-order valence-electron chi connectivity index (χ2n) is 5.25. The van der Waals surface area contributed by atoms with Gasteiger partial charge in [0.2, 0.25) is 0 Å². The molecule has 1 heterocycles. The average Bonchev–Trinajstić information content (AvgIpc) is 2.71. The molecule has 0 saturated heterocycles. The highest BCUT2D eigenvalue weighted by Crippen LogP contribution is 2.22. The number of rotatable bonds is 6. The maximum Gasteiger partial charge on any atom is 0.261 e. The van der Waals surface area contributed by atoms with Crippen molar-refractivity contribution in [2.24, 2.45) is 0 Å². The second kappa shape index (κ2) is 6.52. The molecule has 0 spiro atoms. The molecule has 0 fully saturated rings. The van der Waals surface area contributed by atoms with E-state index in [0.29, 0.717) is 23.2 Å². The molecule has 1 N–H and O–H groups in total. The van der Waals surface area contributed by atoms with Crippen molar-refractivity contribution >= 4 is 17.7 Å². The van der Waals surface area contributed by atoms with Gasteiger partial charge in [0, 0.05) is 19.2 Å². The van der Waals surface area contributed by atoms with Crippen LogP contribution in [0.1, 0.15) is 63.7 Å². The maximum atomic E-state index is 12.0. The third-order valence-electron chi connectivity index (χ3n) is 3.67. The van der Waals surface area contributed by atoms with Crippen LogP contribution in [0, 0.1) is 0 Å². The van der Waals surface area contributed by atoms with E-state index in [9.17, 15) is 14.4 Å². The Labute approximate surface area is 124 Å². The first-order valence-electron chi connectivity index (χ1n) is 7.31. The second-order valence-corrected chi connectivity index (χ2v) is 5.25. The average molecular weight is 288 g/mol. The van der Waals surface area contributed by atoms with Crippen LogP contribution in [0.2, 0.25) is 0 Å². The van der Waals surface area contributed by atoms with E-state index >= 15 is 0 Å². The highest BCUT2D eigenvalue weighted by Gasteiger charge is 2.33. The zero-order chi connectivity index (χ0) is 15.4. The third kappa shape index (κ3) is 3.12. The van der Waals surface area contributed by atoms with E-state index in [0.717, 1.165) is 30.6 Å². The first-order chi connectivity index (χ1) is 10.1. The standard InChI is InChI=1S/C16H20N2O3/c1-3-4-5-6-9-17-14(19)11-7-8-12-13(10-11)16(21)18(2)15(12)20/h7-8,10H,3-6,9H2,1-2H3,(H,17,19). The number of carbonyl (C=O) groups excluding carboxylic acids is 3. The quantitative estimate of drug-likeness (QED) is 0.644. The van der Waals surface area contributed by atoms with Gasteiger partial charge >= 0.3 is 0 Å². The summed E-state index contributed by atoms with van der Waals surface area (Å²) in [6.45, 7) is 2.77. The van der Waals surface area contributed by atoms with Crippen LogP contribution in [0.5, 0.6) is 0 Å². The molecule has 112 valence electrons. The molecule has 0 bridgehead atoms. The van der Waals surface area contributed by atoms with Crippen LogP contribution in [0.25, 0.3) is 0 Å². The normalized spacial score (nSPS) is 13.5. The molecule has 0 saturated carbocycles. The van der Waals surface area contributed by atoms with Crippen LogP contribution in [0.4, 0.5) is 0 Å². The molecule has 1 aromatic rings. The molecular formula is C16H20N2O3. The molecule has 0 atom stereocenters. The Balaban J connectivity index is 2.01. The lowest BCUT2D eigenvalue weighted by molar-refractivity contribution is 0.0693. The van der Waals surface area contributed by atoms with E-state index in [1.54, 1.807) is 12.1 Å². The van der Waals surface area contributed by atoms with Crippen molar-refractivity contribution in [3.63, 3.8) is 0 Å². The minimum absolute atomic E-state index is 0.205. The Bertz CT molecular complexity index is 581. The number of imide groups is 1. The van der Waals surface area contributed by atoms with Gasteiger partial charge in [0.25, 0.3) is 17.7 Å². The van der Waals surface area contributed by atoms with Crippen molar-refractivity contribution in [1.82, 2.24) is 10.2 Å². The van der Waals surface area contributed by atoms with Gasteiger partial charge in [-0.25, -0.2) is 0 Å². The number of hydrogen-bond acceptors (Lipinski definition) is 3. The number of hydrogen-bond donors (Lipinski definition) is 1. The number of amides is 3. The first kappa shape index (κ1) is 15.2. The van der Waals surface area contributed by atoms with Crippen LogP contribution in [0.15, 0.2) is 18.2 Å². The number of nitrogens with zero attached hydrogens (tertiary/aromatic N) is 1. The molecule has 0 aromatic heterocycles. The van der Waals surface area contributed by atoms with Crippen molar-refractivity contribution in [3.8, 4) is 0 Å². The monoisotopic (exact) mass is 288 g/mol. The minimum Gasteiger partial charge on any atom is -0.352 e. The lowest BCUT2D eigenvalue weighted by atomic mass is 10.1. The zero-order valence-electron chi connectivity index (χ0n) is 12.4. The molecule has 3 amide bonds. The molecular weight excluding hydrogens is 268 g/mol. The summed E-state index contributed by atoms with van der Waals surface area (Å²) in [6.07, 6.45) is 4.36. The van der Waals surface area contributed by atoms with Crippen molar-refractivity contribution in [2.45, 2.75) is 32.6 Å². The molecule has 2 rings (SSSR count). The van der Waals surface area contributed by atoms with E-state index in [-0.39, 0.29) is 17.7 Å². The van der Waals surface area contributed by atoms with Gasteiger partial charge in [-0.1, -0.05) is 26.2 Å². The maximum absolute atomic E-state index is 12.0. The predicted octanol–water partition coefficient (Wildman–Crippen LogP) is 2.22. The fourth-order valence-corrected chi connectivity index (χ4v) is 2.36. The van der Waals surface area contributed by atoms with Gasteiger partial charge in [-0.15, -0.1) is 0 Å². The number of fused-ring (bicyclic) bond motifs is 1. The Kier molecular flexibility index (Phi) is 4.73. The fourth-order valence-electron chi connectivity index (χ4n) is 2.36. The summed E-state index contributed by atoms with van der Waals surface area (Å²) in [5, 5.41) is 2.84. The van der Waals surface area contributed by atoms with Gasteiger partial charge in [-0.05, 0) is 24.6 Å². The number of nitrogens with one attached hydrogen (secondary N) is 1. The SMILES string of the molecule is CCCCCCNC(=O)c1ccc2c(c1)C(=O)N(C)C2=O. The molecule has 5 heteroatoms. The van der Waals surface area contributed by atoms with E-state index in [4.69, 9.17) is 0 Å². The molecule has 5 nitrogen and oxygen atoms in total. The topological polar surface area (TPSA) is 66.5 Å². The summed E-state index contributed by atoms with van der Waals surface area (Å²) in [5.74, 6) is -0.877. The van der Waals surface area contributed by atoms with Crippen LogP contribution in [0.3, 0.4) is 0 Å². The molecule has 1 aromatic carbocycles. The largest absolute Gasteiger partial charge is 0.352 e. The number of benzene rings is 1. The highest BCUT2D eigenvalue weighted by atomic mass is 16.2. The summed E-state index contributed by atoms with van der Waals surface area (Å²) >= 11 is 0. The molecule has 0 aliphatic carbocycles. The highest BCUT2D eigenvalue weighted by molar-refractivity contribution is 6.21. The van der Waals surface area contributed by atoms with Crippen LogP contribution < -0.4 is 5.32 Å².